The van der Waals surface area contributed by atoms with Gasteiger partial charge in [0.05, 0.1) is 20.8 Å². The Morgan fingerprint density at radius 2 is 1.70 bits per heavy atom. The van der Waals surface area contributed by atoms with Crippen LogP contribution < -0.4 is 9.47 Å². The Labute approximate surface area is 239 Å². The highest BCUT2D eigenvalue weighted by Gasteiger charge is 2.46. The molecule has 0 N–H and O–H groups in total. The minimum absolute atomic E-state index is 0.0257. The van der Waals surface area contributed by atoms with E-state index >= 15 is 0 Å². The van der Waals surface area contributed by atoms with E-state index in [0.717, 1.165) is 11.1 Å². The van der Waals surface area contributed by atoms with Crippen LogP contribution >= 0.6 is 11.6 Å². The number of Topliss-reactive ketones (excluding diaryl/α,β-unsaturated/α-hetero) is 1. The summed E-state index contributed by atoms with van der Waals surface area (Å²) < 4.78 is 17.2. The third kappa shape index (κ3) is 5.54. The minimum atomic E-state index is -0.772. The highest BCUT2D eigenvalue weighted by molar-refractivity contribution is 6.30. The quantitative estimate of drug-likeness (QED) is 0.287. The van der Waals surface area contributed by atoms with E-state index in [4.69, 9.17) is 30.8 Å². The van der Waals surface area contributed by atoms with Crippen LogP contribution in [0.25, 0.3) is 0 Å². The van der Waals surface area contributed by atoms with Gasteiger partial charge in [-0.25, -0.2) is 0 Å². The van der Waals surface area contributed by atoms with Gasteiger partial charge >= 0.3 is 5.97 Å². The van der Waals surface area contributed by atoms with Crippen LogP contribution in [0.4, 0.5) is 0 Å². The van der Waals surface area contributed by atoms with Crippen LogP contribution in [0.15, 0.2) is 89.1 Å². The number of halogens is 1. The largest absolute Gasteiger partial charge is 0.493 e. The standard InChI is InChI=1S/C33H32ClNO5/c1-20-29(33(37)40-17-16-21-8-5-4-6-9-21)30(25-10-7-11-28(38-2)32(25)39-3)31-26(35-20)18-23(19-27(31)36)22-12-14-24(34)15-13-22/h4-15,23,29-30H,16-19H2,1-3H3/t23-,29?,30-/m0/s1. The number of carbonyl (C=O) groups excluding carboxylic acids is 2. The molecular weight excluding hydrogens is 526 g/mol. The molecule has 206 valence electrons. The summed E-state index contributed by atoms with van der Waals surface area (Å²) in [5.74, 6) is -0.831. The number of carbonyl (C=O) groups is 2. The molecule has 1 aliphatic heterocycles. The van der Waals surface area contributed by atoms with Gasteiger partial charge in [0.1, 0.15) is 5.92 Å². The third-order valence-electron chi connectivity index (χ3n) is 7.73. The van der Waals surface area contributed by atoms with Crippen molar-refractivity contribution in [1.82, 2.24) is 0 Å². The minimum Gasteiger partial charge on any atom is -0.493 e. The van der Waals surface area contributed by atoms with E-state index in [0.29, 0.717) is 58.3 Å². The van der Waals surface area contributed by atoms with Crippen molar-refractivity contribution in [3.8, 4) is 11.5 Å². The van der Waals surface area contributed by atoms with Crippen LogP contribution in [0.1, 0.15) is 48.3 Å². The Hall–Kier alpha value is -3.90. The summed E-state index contributed by atoms with van der Waals surface area (Å²) >= 11 is 6.10. The molecule has 3 atom stereocenters. The molecule has 7 heteroatoms. The summed E-state index contributed by atoms with van der Waals surface area (Å²) in [7, 11) is 3.13. The van der Waals surface area contributed by atoms with Crippen LogP contribution in [0.3, 0.4) is 0 Å². The molecule has 6 nitrogen and oxygen atoms in total. The molecule has 0 bridgehead atoms. The molecule has 40 heavy (non-hydrogen) atoms. The summed E-state index contributed by atoms with van der Waals surface area (Å²) in [6, 6.07) is 23.0. The zero-order chi connectivity index (χ0) is 28.2. The van der Waals surface area contributed by atoms with Crippen LogP contribution in [0, 0.1) is 5.92 Å². The maximum Gasteiger partial charge on any atom is 0.315 e. The Morgan fingerprint density at radius 3 is 2.40 bits per heavy atom. The molecule has 1 unspecified atom stereocenters. The third-order valence-corrected chi connectivity index (χ3v) is 7.98. The number of hydrogen-bond donors (Lipinski definition) is 0. The second kappa shape index (κ2) is 12.1. The zero-order valence-corrected chi connectivity index (χ0v) is 23.6. The molecule has 3 aromatic carbocycles. The molecule has 2 aliphatic rings. The van der Waals surface area contributed by atoms with Gasteiger partial charge in [0, 0.05) is 46.3 Å². The lowest BCUT2D eigenvalue weighted by Crippen LogP contribution is -2.38. The number of allylic oxidation sites excluding steroid dienone is 2. The zero-order valence-electron chi connectivity index (χ0n) is 22.9. The molecular formula is C33H32ClNO5. The van der Waals surface area contributed by atoms with E-state index in [1.807, 2.05) is 73.7 Å². The first kappa shape index (κ1) is 27.7. The fourth-order valence-electron chi connectivity index (χ4n) is 5.83. The summed E-state index contributed by atoms with van der Waals surface area (Å²) in [6.45, 7) is 2.07. The summed E-state index contributed by atoms with van der Waals surface area (Å²) in [4.78, 5) is 32.5. The van der Waals surface area contributed by atoms with Crippen LogP contribution in [-0.4, -0.2) is 38.3 Å². The van der Waals surface area contributed by atoms with Crippen LogP contribution in [0.2, 0.25) is 5.02 Å². The number of aliphatic imine (C=N–C) groups is 1. The average molecular weight is 558 g/mol. The lowest BCUT2D eigenvalue weighted by atomic mass is 9.69. The van der Waals surface area contributed by atoms with E-state index in [-0.39, 0.29) is 18.3 Å². The Balaban J connectivity index is 1.53. The predicted molar refractivity (Wildman–Crippen MR) is 155 cm³/mol. The number of methoxy groups -OCH3 is 2. The smallest absolute Gasteiger partial charge is 0.315 e. The van der Waals surface area contributed by atoms with E-state index in [1.54, 1.807) is 20.3 Å². The predicted octanol–water partition coefficient (Wildman–Crippen LogP) is 6.72. The number of ether oxygens (including phenoxy) is 3. The van der Waals surface area contributed by atoms with Crippen molar-refractivity contribution in [2.75, 3.05) is 20.8 Å². The number of hydrogen-bond acceptors (Lipinski definition) is 6. The first-order valence-electron chi connectivity index (χ1n) is 13.4. The first-order chi connectivity index (χ1) is 19.4. The number of para-hydroxylation sites is 1. The number of rotatable bonds is 8. The van der Waals surface area contributed by atoms with Gasteiger partial charge in [0.25, 0.3) is 0 Å². The second-order valence-corrected chi connectivity index (χ2v) is 10.6. The fraction of sp³-hybridized carbons (Fsp3) is 0.303. The van der Waals surface area contributed by atoms with Crippen molar-refractivity contribution in [2.45, 2.75) is 38.0 Å². The van der Waals surface area contributed by atoms with E-state index in [9.17, 15) is 9.59 Å². The maximum atomic E-state index is 13.9. The van der Waals surface area contributed by atoms with Gasteiger partial charge in [-0.1, -0.05) is 66.2 Å². The molecule has 0 saturated heterocycles. The van der Waals surface area contributed by atoms with Crippen molar-refractivity contribution in [3.63, 3.8) is 0 Å². The van der Waals surface area contributed by atoms with Crippen molar-refractivity contribution < 1.29 is 23.8 Å². The molecule has 0 saturated carbocycles. The lowest BCUT2D eigenvalue weighted by molar-refractivity contribution is -0.146. The van der Waals surface area contributed by atoms with Gasteiger partial charge in [0.15, 0.2) is 17.3 Å². The molecule has 0 spiro atoms. The monoisotopic (exact) mass is 557 g/mol. The highest BCUT2D eigenvalue weighted by atomic mass is 35.5. The number of esters is 1. The second-order valence-electron chi connectivity index (χ2n) is 10.1. The summed E-state index contributed by atoms with van der Waals surface area (Å²) in [6.07, 6.45) is 1.49. The van der Waals surface area contributed by atoms with Gasteiger partial charge < -0.3 is 14.2 Å². The molecule has 3 aromatic rings. The topological polar surface area (TPSA) is 74.2 Å². The molecule has 0 aromatic heterocycles. The molecule has 0 amide bonds. The van der Waals surface area contributed by atoms with Crippen LogP contribution in [-0.2, 0) is 20.7 Å². The number of benzene rings is 3. The van der Waals surface area contributed by atoms with Gasteiger partial charge in [0.2, 0.25) is 0 Å². The molecule has 5 rings (SSSR count). The van der Waals surface area contributed by atoms with E-state index in [2.05, 4.69) is 0 Å². The fourth-order valence-corrected chi connectivity index (χ4v) is 5.96. The SMILES string of the molecule is COc1cccc([C@@H]2C3=C(C[C@H](c4ccc(Cl)cc4)CC3=O)N=C(C)C2C(=O)OCCc2ccccc2)c1OC. The Bertz CT molecular complexity index is 1460. The molecule has 0 radical (unpaired) electrons. The van der Waals surface area contributed by atoms with Crippen molar-refractivity contribution in [1.29, 1.82) is 0 Å². The Morgan fingerprint density at radius 1 is 0.950 bits per heavy atom. The maximum absolute atomic E-state index is 13.9. The summed E-state index contributed by atoms with van der Waals surface area (Å²) in [5.41, 5.74) is 4.69. The lowest BCUT2D eigenvalue weighted by Gasteiger charge is -2.37. The van der Waals surface area contributed by atoms with Gasteiger partial charge in [-0.3, -0.25) is 14.6 Å². The normalized spacial score (nSPS) is 20.4. The van der Waals surface area contributed by atoms with Crippen molar-refractivity contribution in [3.05, 3.63) is 106 Å². The van der Waals surface area contributed by atoms with Gasteiger partial charge in [-0.2, -0.15) is 0 Å². The average Bonchev–Trinajstić information content (AvgIpc) is 2.96. The molecule has 0 fully saturated rings. The first-order valence-corrected chi connectivity index (χ1v) is 13.8. The number of nitrogens with zero attached hydrogens (tertiary/aromatic N) is 1. The Kier molecular flexibility index (Phi) is 8.36. The molecule has 1 heterocycles. The number of ketones is 1. The molecule has 1 aliphatic carbocycles. The van der Waals surface area contributed by atoms with Gasteiger partial charge in [-0.15, -0.1) is 0 Å². The van der Waals surface area contributed by atoms with Crippen LogP contribution in [0.5, 0.6) is 11.5 Å². The van der Waals surface area contributed by atoms with E-state index in [1.165, 1.54) is 0 Å². The van der Waals surface area contributed by atoms with Crippen molar-refractivity contribution >= 4 is 29.1 Å². The van der Waals surface area contributed by atoms with Crippen molar-refractivity contribution in [2.24, 2.45) is 10.9 Å². The highest BCUT2D eigenvalue weighted by Crippen LogP contribution is 2.50. The van der Waals surface area contributed by atoms with Gasteiger partial charge in [-0.05, 0) is 48.6 Å². The van der Waals surface area contributed by atoms with E-state index < -0.39 is 17.8 Å². The summed E-state index contributed by atoms with van der Waals surface area (Å²) in [5, 5.41) is 0.649.